The Bertz CT molecular complexity index is 2850. The van der Waals surface area contributed by atoms with E-state index in [1.165, 1.54) is 36.4 Å². The van der Waals surface area contributed by atoms with Crippen molar-refractivity contribution in [1.29, 1.82) is 0 Å². The number of nitrogens with one attached hydrogen (secondary N) is 3. The molecule has 372 valence electrons. The zero-order valence-electron chi connectivity index (χ0n) is 39.3. The normalized spacial score (nSPS) is 28.4. The van der Waals surface area contributed by atoms with Crippen LogP contribution in [-0.2, 0) is 27.4 Å². The molecule has 1 saturated carbocycles. The lowest BCUT2D eigenvalue weighted by atomic mass is 9.66. The number of allylic oxidation sites excluding steroid dienone is 2. The number of hydrogen-bond acceptors (Lipinski definition) is 15. The second kappa shape index (κ2) is 19.3. The molecule has 2 fully saturated rings. The number of carbonyl (C=O) groups excluding carboxylic acids is 1. The standard InChI is InChI=1S/C53H62N4O13/c1-3-41-37-14-15-54-40(37)25-57(41)47-49-31(17-39-43(61)16-28(2)68-50(39)47)18-45(53(69-49)22-29(32-19-46(63)56-23-32)8-10-33(53)24-55-34-6-4-5-7-34)70-67-27-52(66,51(65)48(64)44(62)26-58)21-30-9-13-42(60)36-12-11-35(59)20-38(30)36/h8-17,20,25,29,32-34,41,44-45,48,51,55,58-60,62,64-66H,3-7,18-19,21-24,26-27H2,1-2H3,(H,56,63)/p+1. The number of rotatable bonds is 16. The maximum Gasteiger partial charge on any atom is 0.222 e. The average molecular weight is 964 g/mol. The molecule has 70 heavy (non-hydrogen) atoms. The van der Waals surface area contributed by atoms with Crippen LogP contribution in [0, 0.1) is 24.7 Å². The monoisotopic (exact) mass is 963 g/mol. The third kappa shape index (κ3) is 8.75. The summed E-state index contributed by atoms with van der Waals surface area (Å²) in [6, 6.07) is 10.7. The van der Waals surface area contributed by atoms with E-state index in [0.717, 1.165) is 48.3 Å². The third-order valence-corrected chi connectivity index (χ3v) is 15.8. The van der Waals surface area contributed by atoms with Crippen LogP contribution in [0.3, 0.4) is 0 Å². The van der Waals surface area contributed by atoms with Crippen molar-refractivity contribution in [1.82, 2.24) is 10.6 Å². The second-order valence-corrected chi connectivity index (χ2v) is 20.2. The zero-order valence-corrected chi connectivity index (χ0v) is 39.3. The minimum absolute atomic E-state index is 0.0376. The Balaban J connectivity index is 1.09. The van der Waals surface area contributed by atoms with Gasteiger partial charge in [0.05, 0.1) is 12.0 Å². The van der Waals surface area contributed by atoms with Crippen LogP contribution < -0.4 is 25.7 Å². The number of aromatic hydroxyl groups is 2. The lowest BCUT2D eigenvalue weighted by Crippen LogP contribution is -3.05. The van der Waals surface area contributed by atoms with Crippen LogP contribution in [0.15, 0.2) is 92.4 Å². The molecular formula is C53H63N4O13+. The molecule has 1 saturated heterocycles. The number of quaternary nitrogens is 1. The van der Waals surface area contributed by atoms with Crippen molar-refractivity contribution in [3.63, 3.8) is 0 Å². The summed E-state index contributed by atoms with van der Waals surface area (Å²) in [6.45, 7) is 3.11. The van der Waals surface area contributed by atoms with Crippen LogP contribution in [0.2, 0.25) is 0 Å². The number of hydrogen-bond donors (Lipinski definition) is 10. The molecule has 3 aromatic carbocycles. The van der Waals surface area contributed by atoms with Crippen LogP contribution >= 0.6 is 0 Å². The molecule has 6 aliphatic rings. The number of aryl methyl sites for hydroxylation is 1. The molecule has 17 nitrogen and oxygen atoms in total. The van der Waals surface area contributed by atoms with E-state index in [0.29, 0.717) is 76.0 Å². The average Bonchev–Trinajstić information content (AvgIpc) is 4.18. The first-order valence-corrected chi connectivity index (χ1v) is 24.6. The second-order valence-electron chi connectivity index (χ2n) is 20.2. The quantitative estimate of drug-likeness (QED) is 0.0441. The Morgan fingerprint density at radius 1 is 1.03 bits per heavy atom. The number of fused-ring (bicyclic) bond motifs is 4. The van der Waals surface area contributed by atoms with Gasteiger partial charge in [-0.3, -0.25) is 19.5 Å². The molecule has 2 aliphatic carbocycles. The maximum absolute atomic E-state index is 14.0. The Morgan fingerprint density at radius 3 is 2.60 bits per heavy atom. The van der Waals surface area contributed by atoms with Crippen LogP contribution in [-0.4, -0.2) is 122 Å². The zero-order chi connectivity index (χ0) is 49.1. The molecule has 1 amide bonds. The van der Waals surface area contributed by atoms with Crippen molar-refractivity contribution in [2.24, 2.45) is 22.7 Å². The number of nitrogens with zero attached hydrogens (tertiary/aromatic N) is 1. The lowest BCUT2D eigenvalue weighted by molar-refractivity contribution is -0.793. The first-order chi connectivity index (χ1) is 33.7. The number of aliphatic hydroxyl groups excluding tert-OH is 4. The third-order valence-electron chi connectivity index (χ3n) is 15.8. The fraction of sp³-hybridized carbons (Fsp3) is 0.491. The summed E-state index contributed by atoms with van der Waals surface area (Å²) in [5, 5.41) is 84.7. The van der Waals surface area contributed by atoms with E-state index in [2.05, 4.69) is 34.7 Å². The van der Waals surface area contributed by atoms with Gasteiger partial charge in [-0.2, -0.15) is 0 Å². The van der Waals surface area contributed by atoms with Gasteiger partial charge in [0, 0.05) is 79.5 Å². The SMILES string of the molecule is CCC1C2=CC=NC2=C[NH+]1c1c2c(cc3c(=O)cc(C)oc13)CC(OOCC(O)(Cc1ccc(O)c3ccc(O)cc13)C(O)C(O)C(O)CO)C1(CC(C3CNC(=O)C3)C=CC1CNC1CCCC1)O2. The molecule has 17 heteroatoms. The van der Waals surface area contributed by atoms with E-state index in [9.17, 15) is 45.3 Å². The number of ether oxygens (including phenoxy) is 1. The van der Waals surface area contributed by atoms with E-state index in [1.807, 2.05) is 12.3 Å². The maximum atomic E-state index is 14.0. The summed E-state index contributed by atoms with van der Waals surface area (Å²) in [4.78, 5) is 45.1. The largest absolute Gasteiger partial charge is 0.508 e. The number of aliphatic hydroxyl groups is 5. The fourth-order valence-corrected chi connectivity index (χ4v) is 12.0. The summed E-state index contributed by atoms with van der Waals surface area (Å²) in [7, 11) is 0. The number of carbonyl (C=O) groups is 1. The van der Waals surface area contributed by atoms with Crippen LogP contribution in [0.25, 0.3) is 21.7 Å². The Morgan fingerprint density at radius 2 is 1.84 bits per heavy atom. The summed E-state index contributed by atoms with van der Waals surface area (Å²) in [6.07, 6.45) is 8.62. The van der Waals surface area contributed by atoms with Crippen molar-refractivity contribution >= 4 is 39.6 Å². The predicted molar refractivity (Wildman–Crippen MR) is 258 cm³/mol. The summed E-state index contributed by atoms with van der Waals surface area (Å²) in [5.74, 6) is 0.146. The number of amides is 1. The summed E-state index contributed by atoms with van der Waals surface area (Å²) in [5.41, 5.74) is 0.0510. The van der Waals surface area contributed by atoms with Crippen LogP contribution in [0.1, 0.15) is 68.8 Å². The molecule has 4 aromatic rings. The minimum Gasteiger partial charge on any atom is -0.508 e. The highest BCUT2D eigenvalue weighted by Crippen LogP contribution is 2.51. The van der Waals surface area contributed by atoms with Gasteiger partial charge in [-0.1, -0.05) is 38.0 Å². The van der Waals surface area contributed by atoms with E-state index in [4.69, 9.17) is 18.9 Å². The van der Waals surface area contributed by atoms with Crippen molar-refractivity contribution in [3.05, 3.63) is 105 Å². The van der Waals surface area contributed by atoms with Crippen LogP contribution in [0.5, 0.6) is 17.2 Å². The molecule has 10 N–H and O–H groups in total. The number of phenolic OH excluding ortho intramolecular Hbond substituents is 2. The van der Waals surface area contributed by atoms with E-state index < -0.39 is 55.3 Å². The van der Waals surface area contributed by atoms with Crippen molar-refractivity contribution < 1.29 is 64.4 Å². The molecule has 10 rings (SSSR count). The van der Waals surface area contributed by atoms with E-state index >= 15 is 0 Å². The first-order valence-electron chi connectivity index (χ1n) is 24.6. The highest BCUT2D eigenvalue weighted by atomic mass is 17.2. The number of aliphatic imine (C=N–C) groups is 1. The van der Waals surface area contributed by atoms with Gasteiger partial charge in [0.15, 0.2) is 11.2 Å². The van der Waals surface area contributed by atoms with Gasteiger partial charge in [0.1, 0.15) is 77.4 Å². The van der Waals surface area contributed by atoms with Crippen molar-refractivity contribution in [2.75, 3.05) is 26.3 Å². The lowest BCUT2D eigenvalue weighted by Gasteiger charge is -2.51. The highest BCUT2D eigenvalue weighted by Gasteiger charge is 2.57. The van der Waals surface area contributed by atoms with Gasteiger partial charge in [0.25, 0.3) is 0 Å². The summed E-state index contributed by atoms with van der Waals surface area (Å²) >= 11 is 0. The first kappa shape index (κ1) is 48.2. The van der Waals surface area contributed by atoms with Crippen molar-refractivity contribution in [3.8, 4) is 17.2 Å². The topological polar surface area (TPSA) is 257 Å². The molecular weight excluding hydrogens is 901 g/mol. The van der Waals surface area contributed by atoms with Gasteiger partial charge in [-0.05, 0) is 85.4 Å². The Hall–Kier alpha value is -5.47. The van der Waals surface area contributed by atoms with Gasteiger partial charge in [-0.15, -0.1) is 0 Å². The predicted octanol–water partition coefficient (Wildman–Crippen LogP) is 2.73. The molecule has 0 bridgehead atoms. The van der Waals surface area contributed by atoms with Crippen molar-refractivity contribution in [2.45, 2.75) is 119 Å². The van der Waals surface area contributed by atoms with Gasteiger partial charge in [-0.25, -0.2) is 9.78 Å². The smallest absolute Gasteiger partial charge is 0.222 e. The molecule has 0 radical (unpaired) electrons. The summed E-state index contributed by atoms with van der Waals surface area (Å²) < 4.78 is 14.2. The molecule has 11 atom stereocenters. The minimum atomic E-state index is -2.43. The van der Waals surface area contributed by atoms with E-state index in [-0.39, 0.29) is 59.1 Å². The number of phenols is 2. The van der Waals surface area contributed by atoms with Gasteiger partial charge in [0.2, 0.25) is 17.2 Å². The molecule has 1 aromatic heterocycles. The van der Waals surface area contributed by atoms with E-state index in [1.54, 1.807) is 19.2 Å². The Labute approximate surface area is 404 Å². The highest BCUT2D eigenvalue weighted by molar-refractivity contribution is 5.92. The molecule has 1 spiro atoms. The fourth-order valence-electron chi connectivity index (χ4n) is 12.0. The van der Waals surface area contributed by atoms with Gasteiger partial charge < -0.3 is 55.5 Å². The molecule has 5 heterocycles. The van der Waals surface area contributed by atoms with Gasteiger partial charge >= 0.3 is 0 Å². The number of benzene rings is 3. The van der Waals surface area contributed by atoms with Crippen LogP contribution in [0.4, 0.5) is 5.69 Å². The Kier molecular flexibility index (Phi) is 13.3. The molecule has 4 aliphatic heterocycles. The molecule has 11 unspecified atom stereocenters.